The number of hydrogen-bond acceptors (Lipinski definition) is 8. The van der Waals surface area contributed by atoms with Crippen LogP contribution in [0.25, 0.3) is 0 Å². The van der Waals surface area contributed by atoms with Crippen molar-refractivity contribution in [3.63, 3.8) is 0 Å². The van der Waals surface area contributed by atoms with Crippen LogP contribution in [0, 0.1) is 0 Å². The molecule has 1 amide bonds. The normalized spacial score (nSPS) is 12.1. The Morgan fingerprint density at radius 2 is 0.849 bits per heavy atom. The summed E-state index contributed by atoms with van der Waals surface area (Å²) in [5, 5.41) is 2.55. The highest BCUT2D eigenvalue weighted by Crippen LogP contribution is 2.24. The molecule has 0 rings (SSSR count). The van der Waals surface area contributed by atoms with Gasteiger partial charge in [-0.3, -0.25) is 14.4 Å². The largest absolute Gasteiger partial charge is 0.697 e. The SMILES string of the molecule is CCCCCCCCCCCCCCCCCC(=O)OCC(CO[P+](=O)OCCNC(C)=O)OC(=O)CCCCCCCCCCCCCCCCC. The number of unbranched alkanes of at least 4 members (excludes halogenated alkanes) is 28. The third-order valence-electron chi connectivity index (χ3n) is 9.74. The minimum absolute atomic E-state index is 0.0205. The Bertz CT molecular complexity index is 858. The quantitative estimate of drug-likeness (QED) is 0.0370. The standard InChI is InChI=1S/C43H82NO8P/c1-4-6-8-10-12-14-16-18-20-22-24-26-28-30-32-34-42(46)49-38-41(39-51-53(48)50-37-36-44-40(3)45)52-43(47)35-33-31-29-27-25-23-21-19-17-15-13-11-9-7-5-2/h41H,4-39H2,1-3H3/p+1. The number of esters is 2. The smallest absolute Gasteiger partial charge is 0.462 e. The molecule has 0 aromatic carbocycles. The van der Waals surface area contributed by atoms with Gasteiger partial charge in [0.25, 0.3) is 0 Å². The molecule has 0 fully saturated rings. The van der Waals surface area contributed by atoms with Crippen LogP contribution in [0.3, 0.4) is 0 Å². The van der Waals surface area contributed by atoms with Crippen molar-refractivity contribution in [2.75, 3.05) is 26.4 Å². The lowest BCUT2D eigenvalue weighted by atomic mass is 10.0. The van der Waals surface area contributed by atoms with Gasteiger partial charge in [0.15, 0.2) is 6.10 Å². The molecule has 0 saturated heterocycles. The monoisotopic (exact) mass is 773 g/mol. The van der Waals surface area contributed by atoms with Gasteiger partial charge >= 0.3 is 20.2 Å². The second-order valence-electron chi connectivity index (χ2n) is 15.0. The summed E-state index contributed by atoms with van der Waals surface area (Å²) in [6, 6.07) is 0. The van der Waals surface area contributed by atoms with Crippen LogP contribution in [0.5, 0.6) is 0 Å². The average molecular weight is 773 g/mol. The number of amides is 1. The molecule has 0 heterocycles. The maximum absolute atomic E-state index is 12.6. The van der Waals surface area contributed by atoms with Gasteiger partial charge in [0.2, 0.25) is 5.91 Å². The second kappa shape index (κ2) is 41.6. The van der Waals surface area contributed by atoms with Gasteiger partial charge in [-0.15, -0.1) is 9.05 Å². The first-order valence-electron chi connectivity index (χ1n) is 22.2. The number of carbonyl (C=O) groups excluding carboxylic acids is 3. The van der Waals surface area contributed by atoms with Crippen molar-refractivity contribution in [3.05, 3.63) is 0 Å². The molecule has 0 aliphatic carbocycles. The molecule has 53 heavy (non-hydrogen) atoms. The third-order valence-corrected chi connectivity index (χ3v) is 10.5. The summed E-state index contributed by atoms with van der Waals surface area (Å²) < 4.78 is 33.5. The summed E-state index contributed by atoms with van der Waals surface area (Å²) >= 11 is 0. The van der Waals surface area contributed by atoms with Crippen molar-refractivity contribution in [2.24, 2.45) is 0 Å². The number of nitrogens with one attached hydrogen (secondary N) is 1. The lowest BCUT2D eigenvalue weighted by Gasteiger charge is -2.16. The molecule has 0 radical (unpaired) electrons. The van der Waals surface area contributed by atoms with E-state index in [-0.39, 0.29) is 50.6 Å². The Hall–Kier alpha value is -1.57. The van der Waals surface area contributed by atoms with E-state index < -0.39 is 14.4 Å². The number of rotatable bonds is 42. The van der Waals surface area contributed by atoms with Crippen LogP contribution in [0.2, 0.25) is 0 Å². The highest BCUT2D eigenvalue weighted by molar-refractivity contribution is 7.33. The van der Waals surface area contributed by atoms with E-state index >= 15 is 0 Å². The zero-order valence-corrected chi connectivity index (χ0v) is 35.6. The molecule has 9 nitrogen and oxygen atoms in total. The van der Waals surface area contributed by atoms with E-state index in [0.717, 1.165) is 38.5 Å². The van der Waals surface area contributed by atoms with Crippen molar-refractivity contribution in [1.29, 1.82) is 0 Å². The Kier molecular flexibility index (Phi) is 40.4. The molecule has 10 heteroatoms. The summed E-state index contributed by atoms with van der Waals surface area (Å²) in [6.45, 7) is 5.76. The summed E-state index contributed by atoms with van der Waals surface area (Å²) in [6.07, 6.45) is 37.4. The summed E-state index contributed by atoms with van der Waals surface area (Å²) in [5.74, 6) is -0.926. The van der Waals surface area contributed by atoms with Crippen molar-refractivity contribution in [1.82, 2.24) is 5.32 Å². The van der Waals surface area contributed by atoms with Crippen molar-refractivity contribution in [2.45, 2.75) is 232 Å². The Morgan fingerprint density at radius 3 is 1.23 bits per heavy atom. The maximum Gasteiger partial charge on any atom is 0.697 e. The van der Waals surface area contributed by atoms with Gasteiger partial charge in [0.05, 0.1) is 0 Å². The van der Waals surface area contributed by atoms with E-state index in [0.29, 0.717) is 6.42 Å². The van der Waals surface area contributed by atoms with Gasteiger partial charge in [-0.05, 0) is 12.8 Å². The molecular formula is C43H83NO8P+. The van der Waals surface area contributed by atoms with E-state index in [9.17, 15) is 18.9 Å². The molecule has 0 spiro atoms. The van der Waals surface area contributed by atoms with Gasteiger partial charge in [-0.1, -0.05) is 194 Å². The van der Waals surface area contributed by atoms with E-state index in [4.69, 9.17) is 18.5 Å². The van der Waals surface area contributed by atoms with Crippen LogP contribution in [0.4, 0.5) is 0 Å². The molecule has 0 saturated carbocycles. The van der Waals surface area contributed by atoms with Gasteiger partial charge in [-0.2, -0.15) is 0 Å². The first-order chi connectivity index (χ1) is 25.9. The molecule has 0 aromatic heterocycles. The fraction of sp³-hybridized carbons (Fsp3) is 0.930. The third kappa shape index (κ3) is 41.4. The molecule has 1 N–H and O–H groups in total. The van der Waals surface area contributed by atoms with E-state index in [1.807, 2.05) is 0 Å². The maximum atomic E-state index is 12.6. The van der Waals surface area contributed by atoms with Crippen LogP contribution in [-0.4, -0.2) is 50.3 Å². The molecule has 2 unspecified atom stereocenters. The summed E-state index contributed by atoms with van der Waals surface area (Å²) in [5.41, 5.74) is 0. The molecule has 0 aromatic rings. The zero-order chi connectivity index (χ0) is 38.9. The average Bonchev–Trinajstić information content (AvgIpc) is 3.14. The number of hydrogen-bond donors (Lipinski definition) is 1. The van der Waals surface area contributed by atoms with E-state index in [1.54, 1.807) is 0 Å². The van der Waals surface area contributed by atoms with Gasteiger partial charge in [0, 0.05) is 30.9 Å². The highest BCUT2D eigenvalue weighted by atomic mass is 31.1. The highest BCUT2D eigenvalue weighted by Gasteiger charge is 2.26. The zero-order valence-electron chi connectivity index (χ0n) is 34.7. The molecule has 312 valence electrons. The van der Waals surface area contributed by atoms with Gasteiger partial charge < -0.3 is 14.8 Å². The molecule has 0 aliphatic heterocycles. The predicted octanol–water partition coefficient (Wildman–Crippen LogP) is 12.8. The van der Waals surface area contributed by atoms with Crippen molar-refractivity contribution < 1.29 is 37.5 Å². The van der Waals surface area contributed by atoms with Gasteiger partial charge in [0.1, 0.15) is 19.8 Å². The van der Waals surface area contributed by atoms with Crippen LogP contribution in [-0.2, 0) is 37.5 Å². The van der Waals surface area contributed by atoms with Crippen molar-refractivity contribution >= 4 is 26.1 Å². The Morgan fingerprint density at radius 1 is 0.491 bits per heavy atom. The minimum atomic E-state index is -2.48. The van der Waals surface area contributed by atoms with Crippen LogP contribution >= 0.6 is 8.25 Å². The fourth-order valence-corrected chi connectivity index (χ4v) is 7.03. The van der Waals surface area contributed by atoms with E-state index in [1.165, 1.54) is 161 Å². The van der Waals surface area contributed by atoms with Crippen LogP contribution in [0.15, 0.2) is 0 Å². The molecule has 0 aliphatic rings. The molecule has 0 bridgehead atoms. The summed E-state index contributed by atoms with van der Waals surface area (Å²) in [4.78, 5) is 36.1. The van der Waals surface area contributed by atoms with Gasteiger partial charge in [-0.25, -0.2) is 0 Å². The van der Waals surface area contributed by atoms with E-state index in [2.05, 4.69) is 19.2 Å². The fourth-order valence-electron chi connectivity index (χ4n) is 6.43. The topological polar surface area (TPSA) is 117 Å². The lowest BCUT2D eigenvalue weighted by Crippen LogP contribution is -2.29. The summed E-state index contributed by atoms with van der Waals surface area (Å²) in [7, 11) is -2.48. The first-order valence-corrected chi connectivity index (χ1v) is 23.3. The lowest BCUT2D eigenvalue weighted by molar-refractivity contribution is -0.161. The van der Waals surface area contributed by atoms with Crippen LogP contribution in [0.1, 0.15) is 226 Å². The van der Waals surface area contributed by atoms with Crippen LogP contribution < -0.4 is 5.32 Å². The first kappa shape index (κ1) is 51.4. The number of ether oxygens (including phenoxy) is 2. The molecular weight excluding hydrogens is 689 g/mol. The Balaban J connectivity index is 4.17. The predicted molar refractivity (Wildman–Crippen MR) is 218 cm³/mol. The van der Waals surface area contributed by atoms with Crippen molar-refractivity contribution in [3.8, 4) is 0 Å². The Labute approximate surface area is 326 Å². The number of carbonyl (C=O) groups is 3. The molecule has 2 atom stereocenters. The minimum Gasteiger partial charge on any atom is -0.462 e. The second-order valence-corrected chi connectivity index (χ2v) is 16.0.